The van der Waals surface area contributed by atoms with E-state index in [9.17, 15) is 0 Å². The molecule has 0 unspecified atom stereocenters. The molecule has 0 spiro atoms. The van der Waals surface area contributed by atoms with Crippen molar-refractivity contribution in [3.8, 4) is 11.5 Å². The number of nitrogens with zero attached hydrogens (tertiary/aromatic N) is 3. The summed E-state index contributed by atoms with van der Waals surface area (Å²) in [7, 11) is 7.00. The Morgan fingerprint density at radius 3 is 2.60 bits per heavy atom. The second kappa shape index (κ2) is 8.41. The van der Waals surface area contributed by atoms with Crippen molar-refractivity contribution < 1.29 is 13.9 Å². The van der Waals surface area contributed by atoms with Crippen LogP contribution in [0.2, 0.25) is 0 Å². The summed E-state index contributed by atoms with van der Waals surface area (Å²) in [5.41, 5.74) is 1.94. The van der Waals surface area contributed by atoms with Crippen LogP contribution in [0.4, 0.5) is 0 Å². The van der Waals surface area contributed by atoms with Crippen LogP contribution < -0.4 is 14.8 Å². The van der Waals surface area contributed by atoms with E-state index in [4.69, 9.17) is 13.9 Å². The summed E-state index contributed by atoms with van der Waals surface area (Å²) < 4.78 is 16.3. The van der Waals surface area contributed by atoms with E-state index in [1.54, 1.807) is 21.3 Å². The quantitative estimate of drug-likeness (QED) is 0.640. The predicted molar refractivity (Wildman–Crippen MR) is 97.2 cm³/mol. The molecule has 1 N–H and O–H groups in total. The van der Waals surface area contributed by atoms with E-state index in [-0.39, 0.29) is 0 Å². The van der Waals surface area contributed by atoms with Crippen molar-refractivity contribution in [2.24, 2.45) is 4.99 Å². The number of hydrogen-bond donors (Lipinski definition) is 1. The van der Waals surface area contributed by atoms with Crippen LogP contribution in [0.1, 0.15) is 22.9 Å². The fourth-order valence-electron chi connectivity index (χ4n) is 2.47. The maximum absolute atomic E-state index is 5.59. The van der Waals surface area contributed by atoms with Crippen LogP contribution in [0.25, 0.3) is 0 Å². The van der Waals surface area contributed by atoms with Gasteiger partial charge in [0.1, 0.15) is 17.3 Å². The number of nitrogens with one attached hydrogen (secondary N) is 1. The molecule has 136 valence electrons. The van der Waals surface area contributed by atoms with Crippen molar-refractivity contribution in [1.82, 2.24) is 15.2 Å². The first-order valence-electron chi connectivity index (χ1n) is 8.04. The zero-order valence-electron chi connectivity index (χ0n) is 15.7. The molecule has 2 aromatic rings. The maximum Gasteiger partial charge on any atom is 0.214 e. The number of ether oxygens (including phenoxy) is 2. The summed E-state index contributed by atoms with van der Waals surface area (Å²) in [6, 6.07) is 5.78. The van der Waals surface area contributed by atoms with Crippen molar-refractivity contribution in [1.29, 1.82) is 0 Å². The molecule has 1 heterocycles. The third-order valence-electron chi connectivity index (χ3n) is 3.95. The molecule has 0 aliphatic rings. The average molecular weight is 346 g/mol. The highest BCUT2D eigenvalue weighted by Crippen LogP contribution is 2.25. The normalized spacial score (nSPS) is 11.4. The molecule has 0 bridgehead atoms. The minimum absolute atomic E-state index is 0.478. The summed E-state index contributed by atoms with van der Waals surface area (Å²) in [6.45, 7) is 4.95. The molecule has 7 heteroatoms. The Labute approximate surface area is 148 Å². The fourth-order valence-corrected chi connectivity index (χ4v) is 2.47. The molecule has 0 amide bonds. The van der Waals surface area contributed by atoms with Crippen LogP contribution in [-0.2, 0) is 13.1 Å². The van der Waals surface area contributed by atoms with Crippen LogP contribution in [0.5, 0.6) is 11.5 Å². The number of benzene rings is 1. The van der Waals surface area contributed by atoms with E-state index in [0.29, 0.717) is 19.0 Å². The lowest BCUT2D eigenvalue weighted by Gasteiger charge is -2.22. The highest BCUT2D eigenvalue weighted by atomic mass is 16.5. The monoisotopic (exact) mass is 346 g/mol. The van der Waals surface area contributed by atoms with E-state index in [1.807, 2.05) is 44.0 Å². The molecule has 0 aliphatic heterocycles. The summed E-state index contributed by atoms with van der Waals surface area (Å²) in [5, 5.41) is 3.26. The van der Waals surface area contributed by atoms with E-state index in [2.05, 4.69) is 15.3 Å². The first-order chi connectivity index (χ1) is 12.0. The van der Waals surface area contributed by atoms with Gasteiger partial charge in [0.05, 0.1) is 26.5 Å². The lowest BCUT2D eigenvalue weighted by molar-refractivity contribution is 0.382. The van der Waals surface area contributed by atoms with Crippen LogP contribution in [0.15, 0.2) is 27.6 Å². The minimum atomic E-state index is 0.478. The number of hydrogen-bond acceptors (Lipinski definition) is 5. The SMILES string of the molecule is CN=C(NCc1nc(C)c(C)o1)N(C)Cc1ccc(OC)cc1OC. The number of methoxy groups -OCH3 is 2. The lowest BCUT2D eigenvalue weighted by atomic mass is 10.2. The van der Waals surface area contributed by atoms with Gasteiger partial charge in [-0.2, -0.15) is 0 Å². The highest BCUT2D eigenvalue weighted by molar-refractivity contribution is 5.79. The van der Waals surface area contributed by atoms with Gasteiger partial charge in [-0.15, -0.1) is 0 Å². The summed E-state index contributed by atoms with van der Waals surface area (Å²) in [5.74, 6) is 3.77. The predicted octanol–water partition coefficient (Wildman–Crippen LogP) is 2.52. The van der Waals surface area contributed by atoms with E-state index in [1.165, 1.54) is 0 Å². The molecule has 1 aromatic heterocycles. The van der Waals surface area contributed by atoms with Gasteiger partial charge in [-0.3, -0.25) is 4.99 Å². The molecular formula is C18H26N4O3. The summed E-state index contributed by atoms with van der Waals surface area (Å²) in [4.78, 5) is 10.7. The zero-order chi connectivity index (χ0) is 18.4. The van der Waals surface area contributed by atoms with Gasteiger partial charge in [0.15, 0.2) is 5.96 Å². The Hall–Kier alpha value is -2.70. The first-order valence-corrected chi connectivity index (χ1v) is 8.04. The largest absolute Gasteiger partial charge is 0.497 e. The Morgan fingerprint density at radius 1 is 1.28 bits per heavy atom. The Bertz CT molecular complexity index is 720. The second-order valence-corrected chi connectivity index (χ2v) is 5.68. The molecule has 7 nitrogen and oxygen atoms in total. The van der Waals surface area contributed by atoms with Crippen LogP contribution in [0, 0.1) is 13.8 Å². The standard InChI is InChI=1S/C18H26N4O3/c1-12-13(2)25-17(21-12)10-20-18(19-3)22(4)11-14-7-8-15(23-5)9-16(14)24-6/h7-9H,10-11H2,1-6H3,(H,19,20). The second-order valence-electron chi connectivity index (χ2n) is 5.68. The van der Waals surface area contributed by atoms with Gasteiger partial charge in [-0.25, -0.2) is 4.98 Å². The van der Waals surface area contributed by atoms with E-state index >= 15 is 0 Å². The number of guanidine groups is 1. The number of aromatic nitrogens is 1. The third-order valence-corrected chi connectivity index (χ3v) is 3.95. The molecule has 2 rings (SSSR count). The molecule has 25 heavy (non-hydrogen) atoms. The average Bonchev–Trinajstić information content (AvgIpc) is 2.93. The van der Waals surface area contributed by atoms with Crippen LogP contribution >= 0.6 is 0 Å². The van der Waals surface area contributed by atoms with Gasteiger partial charge in [-0.05, 0) is 26.0 Å². The van der Waals surface area contributed by atoms with Gasteiger partial charge >= 0.3 is 0 Å². The number of rotatable bonds is 6. The Balaban J connectivity index is 2.03. The first kappa shape index (κ1) is 18.6. The third kappa shape index (κ3) is 4.65. The molecule has 0 fully saturated rings. The van der Waals surface area contributed by atoms with Gasteiger partial charge in [0, 0.05) is 32.3 Å². The van der Waals surface area contributed by atoms with Gasteiger partial charge < -0.3 is 24.1 Å². The van der Waals surface area contributed by atoms with Gasteiger partial charge in [0.2, 0.25) is 5.89 Å². The molecule has 0 radical (unpaired) electrons. The molecular weight excluding hydrogens is 320 g/mol. The van der Waals surface area contributed by atoms with Crippen LogP contribution in [-0.4, -0.2) is 44.2 Å². The van der Waals surface area contributed by atoms with Crippen LogP contribution in [0.3, 0.4) is 0 Å². The smallest absolute Gasteiger partial charge is 0.214 e. The van der Waals surface area contributed by atoms with Gasteiger partial charge in [0.25, 0.3) is 0 Å². The molecule has 1 aromatic carbocycles. The van der Waals surface area contributed by atoms with Gasteiger partial charge in [-0.1, -0.05) is 0 Å². The van der Waals surface area contributed by atoms with Crippen molar-refractivity contribution in [3.05, 3.63) is 41.1 Å². The molecule has 0 aliphatic carbocycles. The fraction of sp³-hybridized carbons (Fsp3) is 0.444. The minimum Gasteiger partial charge on any atom is -0.497 e. The van der Waals surface area contributed by atoms with E-state index < -0.39 is 0 Å². The molecule has 0 saturated carbocycles. The topological polar surface area (TPSA) is 72.1 Å². The highest BCUT2D eigenvalue weighted by Gasteiger charge is 2.12. The summed E-state index contributed by atoms with van der Waals surface area (Å²) >= 11 is 0. The van der Waals surface area contributed by atoms with Crippen molar-refractivity contribution in [2.45, 2.75) is 26.9 Å². The zero-order valence-corrected chi connectivity index (χ0v) is 15.7. The molecule has 0 atom stereocenters. The number of aryl methyl sites for hydroxylation is 2. The van der Waals surface area contributed by atoms with Crippen molar-refractivity contribution in [3.63, 3.8) is 0 Å². The Morgan fingerprint density at radius 2 is 2.04 bits per heavy atom. The maximum atomic E-state index is 5.59. The van der Waals surface area contributed by atoms with Crippen molar-refractivity contribution >= 4 is 5.96 Å². The molecule has 0 saturated heterocycles. The lowest BCUT2D eigenvalue weighted by Crippen LogP contribution is -2.38. The Kier molecular flexibility index (Phi) is 6.27. The van der Waals surface area contributed by atoms with E-state index in [0.717, 1.165) is 34.5 Å². The number of oxazole rings is 1. The van der Waals surface area contributed by atoms with Crippen molar-refractivity contribution in [2.75, 3.05) is 28.3 Å². The summed E-state index contributed by atoms with van der Waals surface area (Å²) in [6.07, 6.45) is 0. The number of aliphatic imine (C=N–C) groups is 1.